The zero-order valence-electron chi connectivity index (χ0n) is 19.3. The second-order valence-electron chi connectivity index (χ2n) is 9.12. The molecule has 1 aliphatic heterocycles. The molecule has 3 nitrogen and oxygen atoms in total. The fraction of sp³-hybridized carbons (Fsp3) is 0.500. The van der Waals surface area contributed by atoms with Crippen LogP contribution in [0.5, 0.6) is 0 Å². The van der Waals surface area contributed by atoms with Gasteiger partial charge in [0.15, 0.2) is 0 Å². The minimum Gasteiger partial charge on any atom is -0.342 e. The number of hydrogen-bond acceptors (Lipinski definition) is 1. The third-order valence-corrected chi connectivity index (χ3v) is 5.87. The zero-order chi connectivity index (χ0) is 21.1. The summed E-state index contributed by atoms with van der Waals surface area (Å²) in [6.45, 7) is 17.7. The average molecular weight is 392 g/mol. The molecule has 1 heterocycles. The standard InChI is InChI=1S/C26H37N3/c1-17(2)22-11-10-12-23(18(3)4)25(22)28-26(29-13-8-9-14-29)27-24-20(6)15-19(5)16-21(24)7/h10-12,15-18H,8-9,13-14H2,1-7H3,(H,27,28). The highest BCUT2D eigenvalue weighted by molar-refractivity contribution is 5.97. The van der Waals surface area contributed by atoms with Gasteiger partial charge in [-0.1, -0.05) is 63.6 Å². The molecule has 1 fully saturated rings. The van der Waals surface area contributed by atoms with Crippen molar-refractivity contribution in [1.29, 1.82) is 0 Å². The van der Waals surface area contributed by atoms with Gasteiger partial charge < -0.3 is 10.2 Å². The van der Waals surface area contributed by atoms with Gasteiger partial charge >= 0.3 is 0 Å². The van der Waals surface area contributed by atoms with Crippen LogP contribution in [0.15, 0.2) is 35.3 Å². The molecule has 3 rings (SSSR count). The van der Waals surface area contributed by atoms with E-state index in [-0.39, 0.29) is 0 Å². The molecule has 2 aromatic rings. The summed E-state index contributed by atoms with van der Waals surface area (Å²) in [5, 5.41) is 3.81. The summed E-state index contributed by atoms with van der Waals surface area (Å²) in [7, 11) is 0. The Hall–Kier alpha value is -2.29. The van der Waals surface area contributed by atoms with Gasteiger partial charge in [0.2, 0.25) is 5.96 Å². The van der Waals surface area contributed by atoms with E-state index in [0.717, 1.165) is 24.7 Å². The van der Waals surface area contributed by atoms with Crippen molar-refractivity contribution in [2.75, 3.05) is 18.4 Å². The number of rotatable bonds is 4. The molecule has 0 bridgehead atoms. The van der Waals surface area contributed by atoms with E-state index in [1.807, 2.05) is 0 Å². The van der Waals surface area contributed by atoms with E-state index in [9.17, 15) is 0 Å². The molecule has 29 heavy (non-hydrogen) atoms. The van der Waals surface area contributed by atoms with Crippen LogP contribution in [0.2, 0.25) is 0 Å². The van der Waals surface area contributed by atoms with E-state index < -0.39 is 0 Å². The maximum Gasteiger partial charge on any atom is 0.203 e. The Bertz CT molecular complexity index is 838. The molecule has 2 aromatic carbocycles. The van der Waals surface area contributed by atoms with Gasteiger partial charge in [0.05, 0.1) is 5.69 Å². The van der Waals surface area contributed by atoms with Crippen molar-refractivity contribution < 1.29 is 0 Å². The highest BCUT2D eigenvalue weighted by atomic mass is 15.3. The molecule has 1 N–H and O–H groups in total. The Morgan fingerprint density at radius 2 is 1.41 bits per heavy atom. The Balaban J connectivity index is 2.11. The highest BCUT2D eigenvalue weighted by Crippen LogP contribution is 2.34. The smallest absolute Gasteiger partial charge is 0.203 e. The van der Waals surface area contributed by atoms with Gasteiger partial charge in [-0.05, 0) is 67.7 Å². The number of benzene rings is 2. The monoisotopic (exact) mass is 391 g/mol. The number of nitrogens with zero attached hydrogens (tertiary/aromatic N) is 2. The van der Waals surface area contributed by atoms with Crippen LogP contribution in [0, 0.1) is 20.8 Å². The molecular formula is C26H37N3. The number of likely N-dealkylation sites (tertiary alicyclic amines) is 1. The molecule has 1 aliphatic rings. The Labute approximate surface area is 177 Å². The second kappa shape index (κ2) is 9.02. The van der Waals surface area contributed by atoms with Gasteiger partial charge in [0.1, 0.15) is 0 Å². The number of nitrogens with one attached hydrogen (secondary N) is 1. The van der Waals surface area contributed by atoms with Crippen molar-refractivity contribution in [2.45, 2.75) is 73.1 Å². The van der Waals surface area contributed by atoms with Crippen LogP contribution in [-0.2, 0) is 0 Å². The first-order valence-electron chi connectivity index (χ1n) is 11.1. The zero-order valence-corrected chi connectivity index (χ0v) is 19.3. The van der Waals surface area contributed by atoms with Crippen LogP contribution in [0.3, 0.4) is 0 Å². The molecule has 0 saturated carbocycles. The van der Waals surface area contributed by atoms with Crippen molar-refractivity contribution in [3.63, 3.8) is 0 Å². The molecule has 0 aliphatic carbocycles. The van der Waals surface area contributed by atoms with Crippen molar-refractivity contribution in [2.24, 2.45) is 4.99 Å². The maximum absolute atomic E-state index is 5.21. The summed E-state index contributed by atoms with van der Waals surface area (Å²) in [5.41, 5.74) is 8.83. The van der Waals surface area contributed by atoms with E-state index in [2.05, 4.69) is 89.0 Å². The van der Waals surface area contributed by atoms with Crippen molar-refractivity contribution in [1.82, 2.24) is 4.90 Å². The van der Waals surface area contributed by atoms with Crippen LogP contribution >= 0.6 is 0 Å². The van der Waals surface area contributed by atoms with Gasteiger partial charge in [-0.3, -0.25) is 0 Å². The third kappa shape index (κ3) is 4.83. The molecule has 0 radical (unpaired) electrons. The van der Waals surface area contributed by atoms with Gasteiger partial charge in [-0.25, -0.2) is 4.99 Å². The van der Waals surface area contributed by atoms with E-state index in [0.29, 0.717) is 11.8 Å². The highest BCUT2D eigenvalue weighted by Gasteiger charge is 2.21. The molecule has 0 spiro atoms. The summed E-state index contributed by atoms with van der Waals surface area (Å²) < 4.78 is 0. The number of anilines is 1. The van der Waals surface area contributed by atoms with Crippen LogP contribution in [0.1, 0.15) is 80.2 Å². The van der Waals surface area contributed by atoms with Crippen molar-refractivity contribution >= 4 is 17.3 Å². The van der Waals surface area contributed by atoms with Gasteiger partial charge in [-0.15, -0.1) is 0 Å². The summed E-state index contributed by atoms with van der Waals surface area (Å²) >= 11 is 0. The maximum atomic E-state index is 5.21. The number of aryl methyl sites for hydroxylation is 3. The number of aliphatic imine (C=N–C) groups is 1. The van der Waals surface area contributed by atoms with Crippen molar-refractivity contribution in [3.05, 3.63) is 58.1 Å². The van der Waals surface area contributed by atoms with Crippen LogP contribution in [0.25, 0.3) is 0 Å². The topological polar surface area (TPSA) is 27.6 Å². The van der Waals surface area contributed by atoms with Crippen LogP contribution < -0.4 is 5.32 Å². The molecule has 3 heteroatoms. The molecule has 0 atom stereocenters. The van der Waals surface area contributed by atoms with E-state index in [1.54, 1.807) is 0 Å². The number of para-hydroxylation sites is 1. The van der Waals surface area contributed by atoms with Crippen LogP contribution in [-0.4, -0.2) is 23.9 Å². The summed E-state index contributed by atoms with van der Waals surface area (Å²) in [6.07, 6.45) is 2.46. The largest absolute Gasteiger partial charge is 0.342 e. The lowest BCUT2D eigenvalue weighted by Crippen LogP contribution is -2.34. The Morgan fingerprint density at radius 3 is 1.90 bits per heavy atom. The lowest BCUT2D eigenvalue weighted by molar-refractivity contribution is 0.518. The molecule has 0 amide bonds. The first kappa shape index (κ1) is 21.4. The first-order valence-corrected chi connectivity index (χ1v) is 11.1. The van der Waals surface area contributed by atoms with E-state index >= 15 is 0 Å². The molecular weight excluding hydrogens is 354 g/mol. The first-order chi connectivity index (χ1) is 13.8. The van der Waals surface area contributed by atoms with E-state index in [1.165, 1.54) is 46.3 Å². The Morgan fingerprint density at radius 1 is 0.897 bits per heavy atom. The minimum atomic E-state index is 0.457. The lowest BCUT2D eigenvalue weighted by Gasteiger charge is -2.26. The van der Waals surface area contributed by atoms with Crippen molar-refractivity contribution in [3.8, 4) is 0 Å². The Kier molecular flexibility index (Phi) is 6.66. The normalized spacial score (nSPS) is 14.9. The van der Waals surface area contributed by atoms with Gasteiger partial charge in [0, 0.05) is 18.8 Å². The molecule has 0 aromatic heterocycles. The molecule has 0 unspecified atom stereocenters. The average Bonchev–Trinajstić information content (AvgIpc) is 3.17. The third-order valence-electron chi connectivity index (χ3n) is 5.87. The lowest BCUT2D eigenvalue weighted by atomic mass is 9.92. The fourth-order valence-corrected chi connectivity index (χ4v) is 4.37. The summed E-state index contributed by atoms with van der Waals surface area (Å²) in [6, 6.07) is 11.2. The number of hydrogen-bond donors (Lipinski definition) is 1. The molecule has 1 saturated heterocycles. The summed E-state index contributed by atoms with van der Waals surface area (Å²) in [5.74, 6) is 1.91. The van der Waals surface area contributed by atoms with Crippen LogP contribution in [0.4, 0.5) is 11.4 Å². The predicted octanol–water partition coefficient (Wildman–Crippen LogP) is 7.05. The van der Waals surface area contributed by atoms with Gasteiger partial charge in [0.25, 0.3) is 0 Å². The van der Waals surface area contributed by atoms with E-state index in [4.69, 9.17) is 4.99 Å². The quantitative estimate of drug-likeness (QED) is 0.446. The second-order valence-corrected chi connectivity index (χ2v) is 9.12. The summed E-state index contributed by atoms with van der Waals surface area (Å²) in [4.78, 5) is 7.63. The SMILES string of the molecule is Cc1cc(C)c(N=C(Nc2c(C(C)C)cccc2C(C)C)N2CCCC2)c(C)c1. The fourth-order valence-electron chi connectivity index (χ4n) is 4.37. The minimum absolute atomic E-state index is 0.457. The number of guanidine groups is 1. The van der Waals surface area contributed by atoms with Gasteiger partial charge in [-0.2, -0.15) is 0 Å². The molecule has 156 valence electrons. The predicted molar refractivity (Wildman–Crippen MR) is 127 cm³/mol.